The first-order chi connectivity index (χ1) is 7.48. The molecule has 88 valence electrons. The summed E-state index contributed by atoms with van der Waals surface area (Å²) in [5.74, 6) is 0.231. The number of hydrogen-bond acceptors (Lipinski definition) is 3. The van der Waals surface area contributed by atoms with Gasteiger partial charge in [-0.15, -0.1) is 0 Å². The molecule has 1 aromatic heterocycles. The number of aromatic nitrogens is 1. The summed E-state index contributed by atoms with van der Waals surface area (Å²) >= 11 is 0. The van der Waals surface area contributed by atoms with Crippen LogP contribution in [0, 0.1) is 5.41 Å². The zero-order chi connectivity index (χ0) is 12.2. The van der Waals surface area contributed by atoms with E-state index in [1.807, 2.05) is 0 Å². The van der Waals surface area contributed by atoms with E-state index in [2.05, 4.69) is 25.4 Å². The first-order valence-corrected chi connectivity index (χ1v) is 5.29. The molecular formula is C13H19NO2. The van der Waals surface area contributed by atoms with Crippen LogP contribution in [0.25, 0.3) is 6.08 Å². The van der Waals surface area contributed by atoms with Crippen molar-refractivity contribution in [1.29, 1.82) is 0 Å². The van der Waals surface area contributed by atoms with E-state index in [9.17, 15) is 5.11 Å². The summed E-state index contributed by atoms with van der Waals surface area (Å²) in [4.78, 5) is 4.33. The largest absolute Gasteiger partial charge is 0.506 e. The first-order valence-electron chi connectivity index (χ1n) is 5.29. The molecule has 0 bridgehead atoms. The lowest BCUT2D eigenvalue weighted by molar-refractivity contribution is 0.103. The molecule has 3 nitrogen and oxygen atoms in total. The third kappa shape index (κ3) is 3.35. The summed E-state index contributed by atoms with van der Waals surface area (Å²) in [6.45, 7) is 8.46. The van der Waals surface area contributed by atoms with Gasteiger partial charge in [0.2, 0.25) is 0 Å². The molecule has 1 heterocycles. The Hall–Kier alpha value is -1.35. The van der Waals surface area contributed by atoms with Gasteiger partial charge in [-0.25, -0.2) is 4.98 Å². The Morgan fingerprint density at radius 1 is 1.50 bits per heavy atom. The van der Waals surface area contributed by atoms with E-state index in [0.29, 0.717) is 18.7 Å². The molecule has 1 rings (SSSR count). The Bertz CT molecular complexity index is 372. The number of aromatic hydroxyl groups is 1. The first kappa shape index (κ1) is 12.7. The highest BCUT2D eigenvalue weighted by atomic mass is 16.5. The van der Waals surface area contributed by atoms with Gasteiger partial charge in [0.15, 0.2) is 0 Å². The van der Waals surface area contributed by atoms with Crippen LogP contribution in [0.2, 0.25) is 0 Å². The lowest BCUT2D eigenvalue weighted by atomic mass is 9.88. The predicted octanol–water partition coefficient (Wildman–Crippen LogP) is 2.65. The summed E-state index contributed by atoms with van der Waals surface area (Å²) in [6.07, 6.45) is 2.35. The molecule has 0 aromatic carbocycles. The Labute approximate surface area is 96.8 Å². The summed E-state index contributed by atoms with van der Waals surface area (Å²) in [5, 5.41) is 9.72. The average molecular weight is 221 g/mol. The maximum absolute atomic E-state index is 9.72. The molecule has 0 amide bonds. The Kier molecular flexibility index (Phi) is 4.07. The van der Waals surface area contributed by atoms with Crippen LogP contribution in [0.3, 0.4) is 0 Å². The van der Waals surface area contributed by atoms with Gasteiger partial charge < -0.3 is 9.84 Å². The van der Waals surface area contributed by atoms with Gasteiger partial charge in [0.1, 0.15) is 5.75 Å². The van der Waals surface area contributed by atoms with E-state index in [1.54, 1.807) is 25.3 Å². The van der Waals surface area contributed by atoms with E-state index in [0.717, 1.165) is 5.69 Å². The van der Waals surface area contributed by atoms with Gasteiger partial charge in [0.25, 0.3) is 0 Å². The van der Waals surface area contributed by atoms with Gasteiger partial charge in [-0.3, -0.25) is 0 Å². The van der Waals surface area contributed by atoms with Crippen molar-refractivity contribution in [3.05, 3.63) is 30.1 Å². The van der Waals surface area contributed by atoms with Gasteiger partial charge in [0, 0.05) is 13.5 Å². The lowest BCUT2D eigenvalue weighted by Gasteiger charge is -2.23. The number of rotatable bonds is 5. The molecule has 0 aliphatic heterocycles. The summed E-state index contributed by atoms with van der Waals surface area (Å²) in [5.41, 5.74) is 1.43. The minimum atomic E-state index is -0.0426. The third-order valence-corrected chi connectivity index (χ3v) is 2.36. The topological polar surface area (TPSA) is 42.4 Å². The Balaban J connectivity index is 2.91. The number of pyridine rings is 1. The zero-order valence-electron chi connectivity index (χ0n) is 10.2. The lowest BCUT2D eigenvalue weighted by Crippen LogP contribution is -2.22. The molecule has 0 saturated carbocycles. The molecule has 0 aliphatic carbocycles. The molecule has 0 radical (unpaired) electrons. The SMILES string of the molecule is C=Cc1ccc(O)c(CC(C)(C)COC)n1. The van der Waals surface area contributed by atoms with Crippen molar-refractivity contribution in [2.45, 2.75) is 20.3 Å². The van der Waals surface area contributed by atoms with Crippen molar-refractivity contribution in [2.75, 3.05) is 13.7 Å². The van der Waals surface area contributed by atoms with Crippen molar-refractivity contribution in [2.24, 2.45) is 5.41 Å². The van der Waals surface area contributed by atoms with Gasteiger partial charge in [0.05, 0.1) is 18.0 Å². The maximum atomic E-state index is 9.72. The average Bonchev–Trinajstić information content (AvgIpc) is 2.21. The number of methoxy groups -OCH3 is 1. The van der Waals surface area contributed by atoms with Crippen LogP contribution in [-0.2, 0) is 11.2 Å². The van der Waals surface area contributed by atoms with Crippen LogP contribution < -0.4 is 0 Å². The summed E-state index contributed by atoms with van der Waals surface area (Å²) in [7, 11) is 1.68. The molecule has 0 fully saturated rings. The second-order valence-corrected chi connectivity index (χ2v) is 4.68. The maximum Gasteiger partial charge on any atom is 0.137 e. The quantitative estimate of drug-likeness (QED) is 0.831. The van der Waals surface area contributed by atoms with Crippen molar-refractivity contribution < 1.29 is 9.84 Å². The summed E-state index contributed by atoms with van der Waals surface area (Å²) in [6, 6.07) is 3.40. The van der Waals surface area contributed by atoms with Crippen LogP contribution in [0.5, 0.6) is 5.75 Å². The predicted molar refractivity (Wildman–Crippen MR) is 65.4 cm³/mol. The molecule has 0 spiro atoms. The molecule has 0 unspecified atom stereocenters. The van der Waals surface area contributed by atoms with Crippen LogP contribution in [-0.4, -0.2) is 23.8 Å². The second-order valence-electron chi connectivity index (χ2n) is 4.68. The molecule has 1 N–H and O–H groups in total. The third-order valence-electron chi connectivity index (χ3n) is 2.36. The minimum Gasteiger partial charge on any atom is -0.506 e. The van der Waals surface area contributed by atoms with Gasteiger partial charge in [-0.1, -0.05) is 20.4 Å². The van der Waals surface area contributed by atoms with Gasteiger partial charge in [-0.05, 0) is 23.6 Å². The fourth-order valence-electron chi connectivity index (χ4n) is 1.65. The fraction of sp³-hybridized carbons (Fsp3) is 0.462. The van der Waals surface area contributed by atoms with Crippen molar-refractivity contribution in [3.63, 3.8) is 0 Å². The normalized spacial score (nSPS) is 11.4. The highest BCUT2D eigenvalue weighted by molar-refractivity contribution is 5.44. The standard InChI is InChI=1S/C13H19NO2/c1-5-10-6-7-12(15)11(14-10)8-13(2,3)9-16-4/h5-7,15H,1,8-9H2,2-4H3. The van der Waals surface area contributed by atoms with E-state index in [1.165, 1.54) is 0 Å². The van der Waals surface area contributed by atoms with Crippen molar-refractivity contribution in [3.8, 4) is 5.75 Å². The molecule has 1 aromatic rings. The molecular weight excluding hydrogens is 202 g/mol. The van der Waals surface area contributed by atoms with Crippen molar-refractivity contribution >= 4 is 6.08 Å². The number of nitrogens with zero attached hydrogens (tertiary/aromatic N) is 1. The second kappa shape index (κ2) is 5.12. The molecule has 0 aliphatic rings. The molecule has 3 heteroatoms. The number of ether oxygens (including phenoxy) is 1. The van der Waals surface area contributed by atoms with E-state index in [-0.39, 0.29) is 11.2 Å². The fourth-order valence-corrected chi connectivity index (χ4v) is 1.65. The van der Waals surface area contributed by atoms with Gasteiger partial charge in [-0.2, -0.15) is 0 Å². The smallest absolute Gasteiger partial charge is 0.137 e. The minimum absolute atomic E-state index is 0.0426. The van der Waals surface area contributed by atoms with Gasteiger partial charge >= 0.3 is 0 Å². The molecule has 16 heavy (non-hydrogen) atoms. The molecule has 0 saturated heterocycles. The highest BCUT2D eigenvalue weighted by Gasteiger charge is 2.21. The summed E-state index contributed by atoms with van der Waals surface area (Å²) < 4.78 is 5.15. The van der Waals surface area contributed by atoms with Crippen LogP contribution in [0.1, 0.15) is 25.2 Å². The Morgan fingerprint density at radius 3 is 2.75 bits per heavy atom. The number of hydrogen-bond donors (Lipinski definition) is 1. The Morgan fingerprint density at radius 2 is 2.19 bits per heavy atom. The van der Waals surface area contributed by atoms with E-state index < -0.39 is 0 Å². The molecule has 0 atom stereocenters. The monoisotopic (exact) mass is 221 g/mol. The highest BCUT2D eigenvalue weighted by Crippen LogP contribution is 2.26. The van der Waals surface area contributed by atoms with E-state index >= 15 is 0 Å². The zero-order valence-corrected chi connectivity index (χ0v) is 10.2. The van der Waals surface area contributed by atoms with Crippen LogP contribution in [0.15, 0.2) is 18.7 Å². The van der Waals surface area contributed by atoms with Crippen LogP contribution in [0.4, 0.5) is 0 Å². The van der Waals surface area contributed by atoms with Crippen LogP contribution >= 0.6 is 0 Å². The van der Waals surface area contributed by atoms with E-state index in [4.69, 9.17) is 4.74 Å². The van der Waals surface area contributed by atoms with Crippen molar-refractivity contribution in [1.82, 2.24) is 4.98 Å².